The standard InChI is InChI=1S/C26H54O3Si3/c1-18-21(27-30(12,13)24(3,4)5)20-23(29-32(16,17)26(9,10)11)22(19-2)28-31(14,15)25(6,7)8/h2,18,21-23H,1,20H2,3-17H3/t21-,22+,23+/m1/s1. The second-order valence-corrected chi connectivity index (χ2v) is 28.0. The lowest BCUT2D eigenvalue weighted by Gasteiger charge is -2.45. The molecule has 0 saturated heterocycles. The smallest absolute Gasteiger partial charge is 0.193 e. The van der Waals surface area contributed by atoms with E-state index in [1.54, 1.807) is 0 Å². The van der Waals surface area contributed by atoms with Crippen molar-refractivity contribution in [3.05, 3.63) is 12.7 Å². The Morgan fingerprint density at radius 2 is 1.06 bits per heavy atom. The molecule has 3 nitrogen and oxygen atoms in total. The van der Waals surface area contributed by atoms with E-state index in [0.717, 1.165) is 0 Å². The molecule has 0 aliphatic heterocycles. The van der Waals surface area contributed by atoms with Crippen LogP contribution < -0.4 is 0 Å². The maximum absolute atomic E-state index is 6.93. The zero-order chi connectivity index (χ0) is 26.0. The highest BCUT2D eigenvalue weighted by atomic mass is 28.4. The largest absolute Gasteiger partial charge is 0.410 e. The van der Waals surface area contributed by atoms with E-state index in [4.69, 9.17) is 19.7 Å². The van der Waals surface area contributed by atoms with Gasteiger partial charge in [0.05, 0.1) is 12.2 Å². The third-order valence-electron chi connectivity index (χ3n) is 7.96. The summed E-state index contributed by atoms with van der Waals surface area (Å²) in [5.41, 5.74) is 0. The summed E-state index contributed by atoms with van der Waals surface area (Å²) in [7, 11) is -6.13. The molecule has 0 N–H and O–H groups in total. The average molecular weight is 499 g/mol. The van der Waals surface area contributed by atoms with Gasteiger partial charge in [0, 0.05) is 6.42 Å². The van der Waals surface area contributed by atoms with Crippen molar-refractivity contribution in [2.45, 2.75) is 141 Å². The van der Waals surface area contributed by atoms with E-state index in [0.29, 0.717) is 6.42 Å². The molecule has 3 atom stereocenters. The molecule has 0 spiro atoms. The Morgan fingerprint density at radius 1 is 0.719 bits per heavy atom. The molecule has 0 aromatic heterocycles. The molecule has 0 rings (SSSR count). The van der Waals surface area contributed by atoms with Crippen LogP contribution in [0.3, 0.4) is 0 Å². The van der Waals surface area contributed by atoms with E-state index < -0.39 is 31.1 Å². The molecule has 0 aromatic carbocycles. The molecule has 32 heavy (non-hydrogen) atoms. The highest BCUT2D eigenvalue weighted by Gasteiger charge is 2.46. The molecule has 0 heterocycles. The van der Waals surface area contributed by atoms with Crippen molar-refractivity contribution in [1.29, 1.82) is 0 Å². The van der Waals surface area contributed by atoms with Crippen molar-refractivity contribution < 1.29 is 13.3 Å². The molecule has 0 aliphatic rings. The first-order valence-electron chi connectivity index (χ1n) is 12.0. The summed E-state index contributed by atoms with van der Waals surface area (Å²) in [5.74, 6) is 2.96. The molecule has 0 radical (unpaired) electrons. The van der Waals surface area contributed by atoms with Gasteiger partial charge in [0.1, 0.15) is 6.10 Å². The predicted molar refractivity (Wildman–Crippen MR) is 150 cm³/mol. The Bertz CT molecular complexity index is 656. The van der Waals surface area contributed by atoms with Crippen molar-refractivity contribution in [2.75, 3.05) is 0 Å². The molecule has 188 valence electrons. The van der Waals surface area contributed by atoms with E-state index in [1.807, 2.05) is 6.08 Å². The summed E-state index contributed by atoms with van der Waals surface area (Å²) in [5, 5.41) is 0.262. The van der Waals surface area contributed by atoms with Gasteiger partial charge in [-0.15, -0.1) is 13.0 Å². The zero-order valence-electron chi connectivity index (χ0n) is 24.0. The first kappa shape index (κ1) is 31.8. The molecule has 0 bridgehead atoms. The molecule has 0 fully saturated rings. The van der Waals surface area contributed by atoms with Crippen LogP contribution in [0, 0.1) is 12.3 Å². The van der Waals surface area contributed by atoms with Gasteiger partial charge in [-0.3, -0.25) is 0 Å². The van der Waals surface area contributed by atoms with Gasteiger partial charge in [-0.1, -0.05) is 74.3 Å². The molecule has 6 heteroatoms. The maximum atomic E-state index is 6.93. The highest BCUT2D eigenvalue weighted by molar-refractivity contribution is 6.75. The van der Waals surface area contributed by atoms with Crippen LogP contribution in [0.15, 0.2) is 12.7 Å². The summed E-state index contributed by atoms with van der Waals surface area (Å²) in [6, 6.07) is 0. The van der Waals surface area contributed by atoms with E-state index in [1.165, 1.54) is 0 Å². The second-order valence-electron chi connectivity index (χ2n) is 13.8. The fourth-order valence-corrected chi connectivity index (χ4v) is 6.32. The van der Waals surface area contributed by atoms with Gasteiger partial charge in [-0.2, -0.15) is 0 Å². The summed E-state index contributed by atoms with van der Waals surface area (Å²) >= 11 is 0. The van der Waals surface area contributed by atoms with Crippen LogP contribution in [0.25, 0.3) is 0 Å². The van der Waals surface area contributed by atoms with Crippen LogP contribution in [-0.4, -0.2) is 43.3 Å². The molecule has 0 aromatic rings. The third kappa shape index (κ3) is 8.56. The lowest BCUT2D eigenvalue weighted by atomic mass is 10.1. The van der Waals surface area contributed by atoms with Crippen LogP contribution in [-0.2, 0) is 13.3 Å². The minimum absolute atomic E-state index is 0.0686. The lowest BCUT2D eigenvalue weighted by Crippen LogP contribution is -2.53. The van der Waals surface area contributed by atoms with E-state index in [9.17, 15) is 0 Å². The predicted octanol–water partition coefficient (Wildman–Crippen LogP) is 8.37. The topological polar surface area (TPSA) is 27.7 Å². The molecule has 0 saturated carbocycles. The SMILES string of the molecule is C#C[C@H](O[Si](C)(C)C(C)(C)C)[C@H](C[C@@H](C=C)O[Si](C)(C)C(C)(C)C)O[Si](C)(C)C(C)(C)C. The number of rotatable bonds is 10. The molecule has 0 amide bonds. The Labute approximate surface area is 204 Å². The Balaban J connectivity index is 6.12. The van der Waals surface area contributed by atoms with Crippen molar-refractivity contribution in [3.63, 3.8) is 0 Å². The van der Waals surface area contributed by atoms with Gasteiger partial charge in [0.15, 0.2) is 25.0 Å². The number of terminal acetylenes is 1. The Kier molecular flexibility index (Phi) is 10.6. The van der Waals surface area contributed by atoms with Crippen LogP contribution in [0.4, 0.5) is 0 Å². The minimum atomic E-state index is -2.08. The van der Waals surface area contributed by atoms with Gasteiger partial charge >= 0.3 is 0 Å². The quantitative estimate of drug-likeness (QED) is 0.172. The van der Waals surface area contributed by atoms with Crippen molar-refractivity contribution in [3.8, 4) is 12.3 Å². The minimum Gasteiger partial charge on any atom is -0.410 e. The monoisotopic (exact) mass is 498 g/mol. The van der Waals surface area contributed by atoms with Gasteiger partial charge < -0.3 is 13.3 Å². The number of hydrogen-bond donors (Lipinski definition) is 0. The first-order valence-corrected chi connectivity index (χ1v) is 20.8. The Hall–Kier alpha value is -0.169. The summed E-state index contributed by atoms with van der Waals surface area (Å²) < 4.78 is 20.4. The number of hydrogen-bond acceptors (Lipinski definition) is 3. The van der Waals surface area contributed by atoms with Crippen LogP contribution in [0.1, 0.15) is 68.7 Å². The normalized spacial score (nSPS) is 17.4. The maximum Gasteiger partial charge on any atom is 0.193 e. The molecular weight excluding hydrogens is 445 g/mol. The van der Waals surface area contributed by atoms with Crippen LogP contribution in [0.2, 0.25) is 54.4 Å². The van der Waals surface area contributed by atoms with Crippen molar-refractivity contribution in [1.82, 2.24) is 0 Å². The fourth-order valence-electron chi connectivity index (χ4n) is 2.48. The van der Waals surface area contributed by atoms with Crippen LogP contribution in [0.5, 0.6) is 0 Å². The lowest BCUT2D eigenvalue weighted by molar-refractivity contribution is 0.0396. The van der Waals surface area contributed by atoms with Crippen molar-refractivity contribution in [2.24, 2.45) is 0 Å². The first-order chi connectivity index (χ1) is 13.9. The molecule has 0 unspecified atom stereocenters. The second kappa shape index (κ2) is 10.6. The van der Waals surface area contributed by atoms with E-state index >= 15 is 0 Å². The fraction of sp³-hybridized carbons (Fsp3) is 0.846. The summed E-state index contributed by atoms with van der Waals surface area (Å²) in [6.07, 6.45) is 7.91. The Morgan fingerprint density at radius 3 is 1.38 bits per heavy atom. The van der Waals surface area contributed by atoms with Gasteiger partial charge in [0.25, 0.3) is 0 Å². The summed E-state index contributed by atoms with van der Waals surface area (Å²) in [6.45, 7) is 38.0. The average Bonchev–Trinajstić information content (AvgIpc) is 2.54. The third-order valence-corrected chi connectivity index (χ3v) is 21.4. The molecule has 0 aliphatic carbocycles. The summed E-state index contributed by atoms with van der Waals surface area (Å²) in [4.78, 5) is 0. The van der Waals surface area contributed by atoms with Gasteiger partial charge in [0.2, 0.25) is 0 Å². The molecular formula is C26H54O3Si3. The van der Waals surface area contributed by atoms with Crippen LogP contribution >= 0.6 is 0 Å². The van der Waals surface area contributed by atoms with E-state index in [-0.39, 0.29) is 27.3 Å². The van der Waals surface area contributed by atoms with Gasteiger partial charge in [-0.25, -0.2) is 0 Å². The zero-order valence-corrected chi connectivity index (χ0v) is 27.0. The highest BCUT2D eigenvalue weighted by Crippen LogP contribution is 2.42. The van der Waals surface area contributed by atoms with Crippen molar-refractivity contribution >= 4 is 25.0 Å². The van der Waals surface area contributed by atoms with Gasteiger partial charge in [-0.05, 0) is 54.4 Å². The van der Waals surface area contributed by atoms with E-state index in [2.05, 4.69) is 114 Å².